The summed E-state index contributed by atoms with van der Waals surface area (Å²) in [4.78, 5) is 11.0. The summed E-state index contributed by atoms with van der Waals surface area (Å²) < 4.78 is 27.2. The number of sulfonamides is 1. The van der Waals surface area contributed by atoms with Crippen LogP contribution in [0.3, 0.4) is 0 Å². The number of hydrogen-bond acceptors (Lipinski definition) is 5. The van der Waals surface area contributed by atoms with Crippen LogP contribution in [0.25, 0.3) is 0 Å². The highest BCUT2D eigenvalue weighted by Crippen LogP contribution is 2.20. The van der Waals surface area contributed by atoms with Crippen LogP contribution in [-0.2, 0) is 10.0 Å². The average molecular weight is 332 g/mol. The highest BCUT2D eigenvalue weighted by atomic mass is 32.2. The van der Waals surface area contributed by atoms with Crippen LogP contribution in [0, 0.1) is 5.92 Å². The average Bonchev–Trinajstić information content (AvgIpc) is 2.62. The Hall–Kier alpha value is -1.99. The summed E-state index contributed by atoms with van der Waals surface area (Å²) in [6.45, 7) is 2.17. The van der Waals surface area contributed by atoms with E-state index < -0.39 is 10.0 Å². The molecule has 1 fully saturated rings. The number of hydrogen-bond donors (Lipinski definition) is 1. The number of benzene rings is 1. The molecule has 23 heavy (non-hydrogen) atoms. The second-order valence-corrected chi connectivity index (χ2v) is 7.41. The van der Waals surface area contributed by atoms with Crippen molar-refractivity contribution in [3.05, 3.63) is 48.8 Å². The van der Waals surface area contributed by atoms with Crippen molar-refractivity contribution in [1.29, 1.82) is 0 Å². The summed E-state index contributed by atoms with van der Waals surface area (Å²) in [6.07, 6.45) is 5.33. The first-order chi connectivity index (χ1) is 11.1. The van der Waals surface area contributed by atoms with Crippen molar-refractivity contribution in [3.63, 3.8) is 0 Å². The molecular formula is C16H20N4O2S. The first-order valence-electron chi connectivity index (χ1n) is 7.72. The Balaban J connectivity index is 1.52. The third-order valence-corrected chi connectivity index (χ3v) is 5.50. The van der Waals surface area contributed by atoms with Crippen LogP contribution in [0.15, 0.2) is 53.7 Å². The maximum absolute atomic E-state index is 12.2. The molecule has 2 heterocycles. The topological polar surface area (TPSA) is 75.2 Å². The predicted octanol–water partition coefficient (Wildman–Crippen LogP) is 1.67. The fourth-order valence-corrected chi connectivity index (χ4v) is 3.84. The lowest BCUT2D eigenvalue weighted by atomic mass is 9.97. The second-order valence-electron chi connectivity index (χ2n) is 5.64. The largest absolute Gasteiger partial charge is 0.341 e. The maximum atomic E-state index is 12.2. The van der Waals surface area contributed by atoms with Gasteiger partial charge in [0.05, 0.1) is 4.90 Å². The number of nitrogens with one attached hydrogen (secondary N) is 1. The second kappa shape index (κ2) is 7.06. The monoisotopic (exact) mass is 332 g/mol. The molecule has 1 N–H and O–H groups in total. The lowest BCUT2D eigenvalue weighted by Crippen LogP contribution is -2.39. The molecule has 1 aromatic heterocycles. The van der Waals surface area contributed by atoms with Gasteiger partial charge in [0.1, 0.15) is 0 Å². The van der Waals surface area contributed by atoms with Crippen LogP contribution < -0.4 is 9.62 Å². The van der Waals surface area contributed by atoms with Gasteiger partial charge in [-0.3, -0.25) is 0 Å². The van der Waals surface area contributed by atoms with Crippen molar-refractivity contribution in [2.24, 2.45) is 5.92 Å². The van der Waals surface area contributed by atoms with Crippen molar-refractivity contribution >= 4 is 16.0 Å². The van der Waals surface area contributed by atoms with Crippen LogP contribution in [0.1, 0.15) is 12.8 Å². The Kier molecular flexibility index (Phi) is 4.88. The van der Waals surface area contributed by atoms with Crippen molar-refractivity contribution < 1.29 is 8.42 Å². The van der Waals surface area contributed by atoms with Gasteiger partial charge in [0, 0.05) is 32.0 Å². The molecule has 1 aromatic carbocycles. The summed E-state index contributed by atoms with van der Waals surface area (Å²) in [5.41, 5.74) is 0. The zero-order chi connectivity index (χ0) is 16.1. The Morgan fingerprint density at radius 3 is 2.35 bits per heavy atom. The summed E-state index contributed by atoms with van der Waals surface area (Å²) >= 11 is 0. The molecule has 7 heteroatoms. The summed E-state index contributed by atoms with van der Waals surface area (Å²) in [7, 11) is -3.41. The van der Waals surface area contributed by atoms with Gasteiger partial charge in [-0.05, 0) is 37.0 Å². The van der Waals surface area contributed by atoms with E-state index >= 15 is 0 Å². The Morgan fingerprint density at radius 2 is 1.70 bits per heavy atom. The van der Waals surface area contributed by atoms with E-state index in [4.69, 9.17) is 0 Å². The minimum Gasteiger partial charge on any atom is -0.341 e. The van der Waals surface area contributed by atoms with E-state index in [0.717, 1.165) is 31.9 Å². The summed E-state index contributed by atoms with van der Waals surface area (Å²) in [6, 6.07) is 10.3. The number of rotatable bonds is 5. The lowest BCUT2D eigenvalue weighted by Gasteiger charge is -2.31. The third kappa shape index (κ3) is 4.05. The van der Waals surface area contributed by atoms with Gasteiger partial charge in [-0.2, -0.15) is 0 Å². The van der Waals surface area contributed by atoms with Crippen LogP contribution in [0.4, 0.5) is 5.95 Å². The molecule has 1 aliphatic heterocycles. The first-order valence-corrected chi connectivity index (χ1v) is 9.20. The number of anilines is 1. The summed E-state index contributed by atoms with van der Waals surface area (Å²) in [5.74, 6) is 1.09. The van der Waals surface area contributed by atoms with Crippen LogP contribution in [0.2, 0.25) is 0 Å². The van der Waals surface area contributed by atoms with Crippen molar-refractivity contribution in [1.82, 2.24) is 14.7 Å². The van der Waals surface area contributed by atoms with E-state index in [-0.39, 0.29) is 0 Å². The molecule has 0 aliphatic carbocycles. The third-order valence-electron chi connectivity index (χ3n) is 4.07. The molecule has 0 unspecified atom stereocenters. The molecule has 2 aromatic rings. The maximum Gasteiger partial charge on any atom is 0.240 e. The molecule has 0 bridgehead atoms. The van der Waals surface area contributed by atoms with Crippen molar-refractivity contribution in [2.75, 3.05) is 24.5 Å². The minimum atomic E-state index is -3.41. The number of aromatic nitrogens is 2. The van der Waals surface area contributed by atoms with Crippen LogP contribution >= 0.6 is 0 Å². The molecular weight excluding hydrogens is 312 g/mol. The molecule has 122 valence electrons. The van der Waals surface area contributed by atoms with Gasteiger partial charge in [0.2, 0.25) is 16.0 Å². The van der Waals surface area contributed by atoms with E-state index in [9.17, 15) is 8.42 Å². The van der Waals surface area contributed by atoms with E-state index in [0.29, 0.717) is 17.4 Å². The quantitative estimate of drug-likeness (QED) is 0.901. The van der Waals surface area contributed by atoms with Crippen molar-refractivity contribution in [2.45, 2.75) is 17.7 Å². The molecule has 0 radical (unpaired) electrons. The minimum absolute atomic E-state index is 0.315. The van der Waals surface area contributed by atoms with Gasteiger partial charge in [0.15, 0.2) is 0 Å². The zero-order valence-corrected chi connectivity index (χ0v) is 13.6. The number of nitrogens with zero attached hydrogens (tertiary/aromatic N) is 3. The van der Waals surface area contributed by atoms with Crippen molar-refractivity contribution in [3.8, 4) is 0 Å². The lowest BCUT2D eigenvalue weighted by molar-refractivity contribution is 0.399. The molecule has 0 atom stereocenters. The van der Waals surface area contributed by atoms with Gasteiger partial charge >= 0.3 is 0 Å². The normalized spacial score (nSPS) is 16.4. The van der Waals surface area contributed by atoms with Crippen LogP contribution in [0.5, 0.6) is 0 Å². The summed E-state index contributed by atoms with van der Waals surface area (Å²) in [5, 5.41) is 0. The van der Waals surface area contributed by atoms with Gasteiger partial charge in [-0.1, -0.05) is 18.2 Å². The van der Waals surface area contributed by atoms with E-state index in [1.165, 1.54) is 0 Å². The number of piperidine rings is 1. The van der Waals surface area contributed by atoms with E-state index in [1.54, 1.807) is 48.8 Å². The van der Waals surface area contributed by atoms with E-state index in [2.05, 4.69) is 19.6 Å². The highest BCUT2D eigenvalue weighted by molar-refractivity contribution is 7.89. The Labute approximate surface area is 136 Å². The Bertz CT molecular complexity index is 714. The molecule has 0 saturated carbocycles. The zero-order valence-electron chi connectivity index (χ0n) is 12.8. The van der Waals surface area contributed by atoms with Gasteiger partial charge in [0.25, 0.3) is 0 Å². The molecule has 1 saturated heterocycles. The first kappa shape index (κ1) is 15.9. The Morgan fingerprint density at radius 1 is 1.04 bits per heavy atom. The van der Waals surface area contributed by atoms with Gasteiger partial charge in [-0.15, -0.1) is 0 Å². The van der Waals surface area contributed by atoms with Crippen LogP contribution in [-0.4, -0.2) is 38.0 Å². The fourth-order valence-electron chi connectivity index (χ4n) is 2.70. The van der Waals surface area contributed by atoms with E-state index in [1.807, 2.05) is 0 Å². The van der Waals surface area contributed by atoms with Gasteiger partial charge in [-0.25, -0.2) is 23.1 Å². The smallest absolute Gasteiger partial charge is 0.240 e. The fraction of sp³-hybridized carbons (Fsp3) is 0.375. The molecule has 1 aliphatic rings. The molecule has 0 spiro atoms. The van der Waals surface area contributed by atoms with Gasteiger partial charge < -0.3 is 4.90 Å². The molecule has 6 nitrogen and oxygen atoms in total. The SMILES string of the molecule is O=S(=O)(NCC1CCN(c2ncccn2)CC1)c1ccccc1. The predicted molar refractivity (Wildman–Crippen MR) is 88.6 cm³/mol. The molecule has 3 rings (SSSR count). The highest BCUT2D eigenvalue weighted by Gasteiger charge is 2.22. The standard InChI is InChI=1S/C16H20N4O2S/c21-23(22,15-5-2-1-3-6-15)19-13-14-7-11-20(12-8-14)16-17-9-4-10-18-16/h1-6,9-10,14,19H,7-8,11-13H2. The molecule has 0 amide bonds.